The van der Waals surface area contributed by atoms with E-state index in [0.717, 1.165) is 0 Å². The molecule has 4 N–H and O–H groups in total. The van der Waals surface area contributed by atoms with Crippen LogP contribution in [0.25, 0.3) is 22.3 Å². The molecule has 0 amide bonds. The lowest BCUT2D eigenvalue weighted by Crippen LogP contribution is -2.30. The summed E-state index contributed by atoms with van der Waals surface area (Å²) in [6.07, 6.45) is 1.31. The van der Waals surface area contributed by atoms with Gasteiger partial charge in [-0.2, -0.15) is 0 Å². The van der Waals surface area contributed by atoms with Gasteiger partial charge >= 0.3 is 7.82 Å². The highest BCUT2D eigenvalue weighted by Gasteiger charge is 2.49. The molecule has 0 radical (unpaired) electrons. The molecule has 206 valence electrons. The molecule has 2 bridgehead atoms. The van der Waals surface area contributed by atoms with E-state index in [-0.39, 0.29) is 35.4 Å². The number of hydrogen-bond acceptors (Lipinski definition) is 12. The first-order valence-electron chi connectivity index (χ1n) is 12.2. The van der Waals surface area contributed by atoms with Crippen molar-refractivity contribution in [1.29, 1.82) is 0 Å². The summed E-state index contributed by atoms with van der Waals surface area (Å²) < 4.78 is 39.1. The molecule has 3 aliphatic rings. The number of aromatic amines is 2. The zero-order chi connectivity index (χ0) is 26.9. The highest BCUT2D eigenvalue weighted by molar-refractivity contribution is 7.47. The second kappa shape index (κ2) is 9.12. The maximum Gasteiger partial charge on any atom is 0.472 e. The predicted octanol–water partition coefficient (Wildman–Crippen LogP) is -0.289. The summed E-state index contributed by atoms with van der Waals surface area (Å²) in [6, 6.07) is 0. The molecule has 3 aliphatic heterocycles. The molecule has 0 aromatic carbocycles. The standard InChI is InChI=1S/C21H23N8O9P/c30-15-10-2-1-9-3-11(20(36-9)28-7-26-13-16(28)22-5-24-18(13)31)38-39(33,34)35-4-12(10)37-21(15)29-8-27-14-17(29)23-6-25-19(14)32/h5-12,15,20-21,30H,1-4H2,(H,33,34)(H,22,24,31)(H,23,25,32)/t9?,10-,11-,12-,15-,20-,21-/m1/s1. The van der Waals surface area contributed by atoms with Gasteiger partial charge in [-0.15, -0.1) is 0 Å². The second-order valence-electron chi connectivity index (χ2n) is 9.70. The van der Waals surface area contributed by atoms with Gasteiger partial charge in [-0.25, -0.2) is 24.5 Å². The van der Waals surface area contributed by atoms with Crippen LogP contribution in [0.3, 0.4) is 0 Å². The Bertz CT molecular complexity index is 1720. The first-order chi connectivity index (χ1) is 18.8. The van der Waals surface area contributed by atoms with Gasteiger partial charge in [-0.1, -0.05) is 0 Å². The molecule has 3 fully saturated rings. The number of fused-ring (bicyclic) bond motifs is 5. The number of H-pyrrole nitrogens is 2. The number of phosphoric ester groups is 1. The van der Waals surface area contributed by atoms with Crippen LogP contribution in [0.2, 0.25) is 0 Å². The molecule has 0 spiro atoms. The lowest BCUT2D eigenvalue weighted by atomic mass is 9.91. The smallest absolute Gasteiger partial charge is 0.388 e. The van der Waals surface area contributed by atoms with E-state index < -0.39 is 61.7 Å². The van der Waals surface area contributed by atoms with Crippen LogP contribution in [0.1, 0.15) is 31.7 Å². The number of aliphatic hydroxyl groups excluding tert-OH is 1. The molecule has 7 heterocycles. The SMILES string of the molecule is O=c1[nH]cnc2c1ncn2[C@@H]1O[C@@H]2COP(=O)(O)O[C@@H]3CC(CC[C@H]2[C@H]1O)O[C@H]3n1cnc2c(=O)[nH]cnc21. The third kappa shape index (κ3) is 4.13. The van der Waals surface area contributed by atoms with Crippen molar-refractivity contribution in [2.75, 3.05) is 6.61 Å². The van der Waals surface area contributed by atoms with Crippen molar-refractivity contribution >= 4 is 30.2 Å². The first-order valence-corrected chi connectivity index (χ1v) is 13.7. The van der Waals surface area contributed by atoms with Crippen LogP contribution in [0.5, 0.6) is 0 Å². The Morgan fingerprint density at radius 3 is 2.21 bits per heavy atom. The van der Waals surface area contributed by atoms with Crippen LogP contribution in [0.4, 0.5) is 0 Å². The van der Waals surface area contributed by atoms with Gasteiger partial charge in [-0.3, -0.25) is 27.8 Å². The van der Waals surface area contributed by atoms with Crippen molar-refractivity contribution in [3.63, 3.8) is 0 Å². The number of imidazole rings is 2. The molecule has 2 unspecified atom stereocenters. The van der Waals surface area contributed by atoms with E-state index in [4.69, 9.17) is 18.5 Å². The largest absolute Gasteiger partial charge is 0.472 e. The molecule has 17 nitrogen and oxygen atoms in total. The summed E-state index contributed by atoms with van der Waals surface area (Å²) >= 11 is 0. The Morgan fingerprint density at radius 1 is 0.897 bits per heavy atom. The van der Waals surface area contributed by atoms with E-state index in [1.165, 1.54) is 34.4 Å². The summed E-state index contributed by atoms with van der Waals surface area (Å²) in [6.45, 7) is -0.333. The number of nitrogens with zero attached hydrogens (tertiary/aromatic N) is 6. The molecule has 4 aromatic heterocycles. The lowest BCUT2D eigenvalue weighted by molar-refractivity contribution is -0.0600. The summed E-state index contributed by atoms with van der Waals surface area (Å²) in [5.74, 6) is -0.511. The number of aliphatic hydroxyl groups is 1. The fourth-order valence-corrected chi connectivity index (χ4v) is 6.56. The fourth-order valence-electron chi connectivity index (χ4n) is 5.63. The molecular weight excluding hydrogens is 539 g/mol. The van der Waals surface area contributed by atoms with Crippen molar-refractivity contribution in [3.05, 3.63) is 46.0 Å². The molecule has 4 aromatic rings. The number of phosphoric acid groups is 1. The van der Waals surface area contributed by atoms with Crippen LogP contribution in [0.15, 0.2) is 34.9 Å². The quantitative estimate of drug-likeness (QED) is 0.231. The number of rotatable bonds is 2. The molecule has 8 atom stereocenters. The monoisotopic (exact) mass is 562 g/mol. The van der Waals surface area contributed by atoms with Crippen LogP contribution < -0.4 is 11.1 Å². The van der Waals surface area contributed by atoms with Gasteiger partial charge in [0.2, 0.25) is 0 Å². The maximum atomic E-state index is 13.0. The number of aromatic nitrogens is 8. The third-order valence-corrected chi connectivity index (χ3v) is 8.45. The highest BCUT2D eigenvalue weighted by Crippen LogP contribution is 2.51. The van der Waals surface area contributed by atoms with Crippen molar-refractivity contribution in [2.24, 2.45) is 5.92 Å². The summed E-state index contributed by atoms with van der Waals surface area (Å²) in [4.78, 5) is 56.2. The Labute approximate surface area is 217 Å². The normalized spacial score (nSPS) is 35.3. The average molecular weight is 562 g/mol. The lowest BCUT2D eigenvalue weighted by Gasteiger charge is -2.25. The molecule has 18 heteroatoms. The van der Waals surface area contributed by atoms with Crippen molar-refractivity contribution in [1.82, 2.24) is 39.0 Å². The molecular formula is C21H23N8O9P. The van der Waals surface area contributed by atoms with E-state index in [0.29, 0.717) is 12.8 Å². The average Bonchev–Trinajstić information content (AvgIpc) is 3.66. The van der Waals surface area contributed by atoms with E-state index >= 15 is 0 Å². The molecule has 7 rings (SSSR count). The molecule has 3 saturated heterocycles. The minimum atomic E-state index is -4.61. The van der Waals surface area contributed by atoms with Crippen molar-refractivity contribution in [2.45, 2.75) is 56.1 Å². The van der Waals surface area contributed by atoms with Crippen LogP contribution in [-0.4, -0.2) is 80.1 Å². The van der Waals surface area contributed by atoms with Gasteiger partial charge in [0, 0.05) is 12.3 Å². The summed E-state index contributed by atoms with van der Waals surface area (Å²) in [5.41, 5.74) is -0.219. The first kappa shape index (κ1) is 24.7. The van der Waals surface area contributed by atoms with E-state index in [1.807, 2.05) is 0 Å². The van der Waals surface area contributed by atoms with Crippen molar-refractivity contribution in [3.8, 4) is 0 Å². The van der Waals surface area contributed by atoms with E-state index in [1.54, 1.807) is 0 Å². The predicted molar refractivity (Wildman–Crippen MR) is 128 cm³/mol. The van der Waals surface area contributed by atoms with Gasteiger partial charge in [0.05, 0.1) is 44.1 Å². The van der Waals surface area contributed by atoms with E-state index in [9.17, 15) is 24.2 Å². The summed E-state index contributed by atoms with van der Waals surface area (Å²) in [5, 5.41) is 11.3. The third-order valence-electron chi connectivity index (χ3n) is 7.44. The molecule has 0 saturated carbocycles. The Morgan fingerprint density at radius 2 is 1.54 bits per heavy atom. The zero-order valence-corrected chi connectivity index (χ0v) is 21.0. The second-order valence-corrected chi connectivity index (χ2v) is 11.1. The topological polar surface area (TPSA) is 222 Å². The number of hydrogen-bond donors (Lipinski definition) is 4. The number of nitrogens with one attached hydrogen (secondary N) is 2. The van der Waals surface area contributed by atoms with Gasteiger partial charge < -0.3 is 29.4 Å². The van der Waals surface area contributed by atoms with Crippen molar-refractivity contribution < 1.29 is 33.1 Å². The van der Waals surface area contributed by atoms with Gasteiger partial charge in [0.1, 0.15) is 12.2 Å². The van der Waals surface area contributed by atoms with Crippen LogP contribution in [0, 0.1) is 5.92 Å². The van der Waals surface area contributed by atoms with Crippen LogP contribution >= 0.6 is 7.82 Å². The van der Waals surface area contributed by atoms with Gasteiger partial charge in [0.15, 0.2) is 34.8 Å². The minimum absolute atomic E-state index is 0.0900. The number of ether oxygens (including phenoxy) is 2. The van der Waals surface area contributed by atoms with E-state index in [2.05, 4.69) is 29.9 Å². The Hall–Kier alpha value is -3.31. The minimum Gasteiger partial charge on any atom is -0.388 e. The maximum absolute atomic E-state index is 13.0. The zero-order valence-electron chi connectivity index (χ0n) is 20.1. The molecule has 0 aliphatic carbocycles. The highest BCUT2D eigenvalue weighted by atomic mass is 31.2. The van der Waals surface area contributed by atoms with Gasteiger partial charge in [0.25, 0.3) is 11.1 Å². The summed E-state index contributed by atoms with van der Waals surface area (Å²) in [7, 11) is -4.61. The Kier molecular flexibility index (Phi) is 5.78. The molecule has 39 heavy (non-hydrogen) atoms. The Balaban J connectivity index is 1.18. The van der Waals surface area contributed by atoms with Gasteiger partial charge in [-0.05, 0) is 12.8 Å². The van der Waals surface area contributed by atoms with Crippen LogP contribution in [-0.2, 0) is 23.1 Å². The fraction of sp³-hybridized carbons (Fsp3) is 0.524.